The van der Waals surface area contributed by atoms with Crippen molar-refractivity contribution in [2.75, 3.05) is 11.9 Å². The largest absolute Gasteiger partial charge is 0.355 e. The second-order valence-electron chi connectivity index (χ2n) is 6.42. The van der Waals surface area contributed by atoms with Gasteiger partial charge in [-0.1, -0.05) is 36.4 Å². The number of halogens is 1. The van der Waals surface area contributed by atoms with Crippen LogP contribution in [-0.2, 0) is 6.42 Å². The summed E-state index contributed by atoms with van der Waals surface area (Å²) in [7, 11) is 0. The second-order valence-corrected chi connectivity index (χ2v) is 6.42. The van der Waals surface area contributed by atoms with E-state index in [1.165, 1.54) is 6.07 Å². The van der Waals surface area contributed by atoms with Gasteiger partial charge in [-0.2, -0.15) is 0 Å². The molecular weight excluding hydrogens is 341 g/mol. The molecule has 0 fully saturated rings. The van der Waals surface area contributed by atoms with E-state index in [0.29, 0.717) is 24.2 Å². The lowest BCUT2D eigenvalue weighted by Crippen LogP contribution is -2.26. The number of carbonyl (C=O) groups excluding carboxylic acids is 1. The molecule has 27 heavy (non-hydrogen) atoms. The van der Waals surface area contributed by atoms with Crippen LogP contribution in [0.25, 0.3) is 0 Å². The van der Waals surface area contributed by atoms with Gasteiger partial charge in [0, 0.05) is 24.1 Å². The van der Waals surface area contributed by atoms with E-state index in [9.17, 15) is 9.18 Å². The molecule has 5 heteroatoms. The van der Waals surface area contributed by atoms with Crippen LogP contribution in [0.1, 0.15) is 27.2 Å². The van der Waals surface area contributed by atoms with Crippen LogP contribution in [0.3, 0.4) is 0 Å². The van der Waals surface area contributed by atoms with Crippen molar-refractivity contribution in [3.63, 3.8) is 0 Å². The van der Waals surface area contributed by atoms with E-state index >= 15 is 0 Å². The standard InChI is InChI=1S/C22H22FN3O/c1-15-6-5-7-16(2)21(15)26-18-11-13-24-20(14-18)22(27)25-12-10-17-8-3-4-9-19(17)23/h3-9,11,13-14H,10,12H2,1-2H3,(H,24,26)(H,25,27). The SMILES string of the molecule is Cc1cccc(C)c1Nc1ccnc(C(=O)NCCc2ccccc2F)c1. The predicted molar refractivity (Wildman–Crippen MR) is 106 cm³/mol. The van der Waals surface area contributed by atoms with Gasteiger partial charge in [0.05, 0.1) is 0 Å². The first-order chi connectivity index (χ1) is 13.0. The summed E-state index contributed by atoms with van der Waals surface area (Å²) in [6, 6.07) is 16.2. The van der Waals surface area contributed by atoms with Crippen molar-refractivity contribution in [2.24, 2.45) is 0 Å². The number of aromatic nitrogens is 1. The Kier molecular flexibility index (Phi) is 5.81. The summed E-state index contributed by atoms with van der Waals surface area (Å²) in [6.45, 7) is 4.41. The lowest BCUT2D eigenvalue weighted by molar-refractivity contribution is 0.0949. The van der Waals surface area contributed by atoms with Crippen LogP contribution in [-0.4, -0.2) is 17.4 Å². The lowest BCUT2D eigenvalue weighted by Gasteiger charge is -2.13. The molecule has 0 saturated heterocycles. The number of hydrogen-bond acceptors (Lipinski definition) is 3. The predicted octanol–water partition coefficient (Wildman–Crippen LogP) is 4.55. The molecule has 0 saturated carbocycles. The summed E-state index contributed by atoms with van der Waals surface area (Å²) in [5.41, 5.74) is 4.97. The number of nitrogens with zero attached hydrogens (tertiary/aromatic N) is 1. The number of anilines is 2. The minimum absolute atomic E-state index is 0.260. The summed E-state index contributed by atoms with van der Waals surface area (Å²) >= 11 is 0. The number of nitrogens with one attached hydrogen (secondary N) is 2. The van der Waals surface area contributed by atoms with E-state index in [2.05, 4.69) is 15.6 Å². The summed E-state index contributed by atoms with van der Waals surface area (Å²) in [5.74, 6) is -0.541. The number of hydrogen-bond donors (Lipinski definition) is 2. The van der Waals surface area contributed by atoms with Crippen molar-refractivity contribution < 1.29 is 9.18 Å². The molecule has 0 bridgehead atoms. The van der Waals surface area contributed by atoms with Crippen molar-refractivity contribution >= 4 is 17.3 Å². The first-order valence-electron chi connectivity index (χ1n) is 8.85. The van der Waals surface area contributed by atoms with Gasteiger partial charge in [0.1, 0.15) is 11.5 Å². The fourth-order valence-electron chi connectivity index (χ4n) is 2.89. The van der Waals surface area contributed by atoms with Crippen LogP contribution in [0.2, 0.25) is 0 Å². The van der Waals surface area contributed by atoms with Crippen molar-refractivity contribution in [1.82, 2.24) is 10.3 Å². The normalized spacial score (nSPS) is 10.5. The number of aryl methyl sites for hydroxylation is 2. The molecule has 1 aromatic heterocycles. The van der Waals surface area contributed by atoms with E-state index < -0.39 is 0 Å². The molecule has 0 unspecified atom stereocenters. The van der Waals surface area contributed by atoms with Gasteiger partial charge < -0.3 is 10.6 Å². The van der Waals surface area contributed by atoms with Crippen molar-refractivity contribution in [2.45, 2.75) is 20.3 Å². The fraction of sp³-hybridized carbons (Fsp3) is 0.182. The Morgan fingerprint density at radius 2 is 1.78 bits per heavy atom. The Balaban J connectivity index is 1.64. The number of benzene rings is 2. The zero-order valence-corrected chi connectivity index (χ0v) is 15.4. The van der Waals surface area contributed by atoms with Gasteiger partial charge in [0.2, 0.25) is 0 Å². The monoisotopic (exact) mass is 363 g/mol. The zero-order valence-electron chi connectivity index (χ0n) is 15.4. The van der Waals surface area contributed by atoms with Gasteiger partial charge in [0.25, 0.3) is 5.91 Å². The lowest BCUT2D eigenvalue weighted by atomic mass is 10.1. The molecule has 138 valence electrons. The Labute approximate surface area is 158 Å². The minimum Gasteiger partial charge on any atom is -0.355 e. The molecule has 0 aliphatic rings. The summed E-state index contributed by atoms with van der Waals surface area (Å²) in [5, 5.41) is 6.15. The number of rotatable bonds is 6. The molecule has 3 aromatic rings. The molecule has 0 spiro atoms. The highest BCUT2D eigenvalue weighted by Crippen LogP contribution is 2.24. The van der Waals surface area contributed by atoms with Gasteiger partial charge in [-0.05, 0) is 55.2 Å². The maximum Gasteiger partial charge on any atom is 0.269 e. The molecular formula is C22H22FN3O. The highest BCUT2D eigenvalue weighted by Gasteiger charge is 2.10. The molecule has 3 rings (SSSR count). The summed E-state index contributed by atoms with van der Waals surface area (Å²) in [6.07, 6.45) is 2.03. The van der Waals surface area contributed by atoms with Gasteiger partial charge >= 0.3 is 0 Å². The quantitative estimate of drug-likeness (QED) is 0.675. The number of para-hydroxylation sites is 1. The van der Waals surface area contributed by atoms with Crippen molar-refractivity contribution in [1.29, 1.82) is 0 Å². The van der Waals surface area contributed by atoms with Gasteiger partial charge in [-0.15, -0.1) is 0 Å². The smallest absolute Gasteiger partial charge is 0.269 e. The third-order valence-corrected chi connectivity index (χ3v) is 4.38. The summed E-state index contributed by atoms with van der Waals surface area (Å²) < 4.78 is 13.6. The molecule has 0 atom stereocenters. The highest BCUT2D eigenvalue weighted by atomic mass is 19.1. The van der Waals surface area contributed by atoms with Crippen LogP contribution in [0, 0.1) is 19.7 Å². The van der Waals surface area contributed by atoms with Gasteiger partial charge in [0.15, 0.2) is 0 Å². The van der Waals surface area contributed by atoms with E-state index in [1.54, 1.807) is 30.5 Å². The number of pyridine rings is 1. The second kappa shape index (κ2) is 8.45. The Hall–Kier alpha value is -3.21. The average molecular weight is 363 g/mol. The van der Waals surface area contributed by atoms with E-state index in [1.807, 2.05) is 38.1 Å². The first-order valence-corrected chi connectivity index (χ1v) is 8.85. The van der Waals surface area contributed by atoms with Crippen LogP contribution < -0.4 is 10.6 Å². The first kappa shape index (κ1) is 18.6. The number of carbonyl (C=O) groups is 1. The molecule has 1 amide bonds. The molecule has 0 aliphatic carbocycles. The third-order valence-electron chi connectivity index (χ3n) is 4.38. The molecule has 0 aliphatic heterocycles. The molecule has 0 radical (unpaired) electrons. The molecule has 2 N–H and O–H groups in total. The van der Waals surface area contributed by atoms with E-state index in [-0.39, 0.29) is 11.7 Å². The zero-order chi connectivity index (χ0) is 19.2. The average Bonchev–Trinajstić information content (AvgIpc) is 2.66. The molecule has 1 heterocycles. The van der Waals surface area contributed by atoms with Gasteiger partial charge in [-0.25, -0.2) is 4.39 Å². The Bertz CT molecular complexity index is 936. The highest BCUT2D eigenvalue weighted by molar-refractivity contribution is 5.93. The Morgan fingerprint density at radius 3 is 2.52 bits per heavy atom. The van der Waals surface area contributed by atoms with E-state index in [0.717, 1.165) is 22.5 Å². The summed E-state index contributed by atoms with van der Waals surface area (Å²) in [4.78, 5) is 16.5. The Morgan fingerprint density at radius 1 is 1.04 bits per heavy atom. The maximum absolute atomic E-state index is 13.6. The molecule has 4 nitrogen and oxygen atoms in total. The molecule has 2 aromatic carbocycles. The van der Waals surface area contributed by atoms with Crippen molar-refractivity contribution in [3.8, 4) is 0 Å². The van der Waals surface area contributed by atoms with Crippen LogP contribution in [0.4, 0.5) is 15.8 Å². The van der Waals surface area contributed by atoms with Crippen LogP contribution in [0.5, 0.6) is 0 Å². The van der Waals surface area contributed by atoms with Gasteiger partial charge in [-0.3, -0.25) is 9.78 Å². The van der Waals surface area contributed by atoms with E-state index in [4.69, 9.17) is 0 Å². The number of amides is 1. The fourth-order valence-corrected chi connectivity index (χ4v) is 2.89. The minimum atomic E-state index is -0.281. The van der Waals surface area contributed by atoms with Crippen LogP contribution >= 0.6 is 0 Å². The third kappa shape index (κ3) is 4.70. The van der Waals surface area contributed by atoms with Crippen LogP contribution in [0.15, 0.2) is 60.8 Å². The topological polar surface area (TPSA) is 54.0 Å². The van der Waals surface area contributed by atoms with Crippen molar-refractivity contribution in [3.05, 3.63) is 89.0 Å². The maximum atomic E-state index is 13.6.